The summed E-state index contributed by atoms with van der Waals surface area (Å²) >= 11 is 0. The van der Waals surface area contributed by atoms with E-state index >= 15 is 0 Å². The fourth-order valence-electron chi connectivity index (χ4n) is 0.769. The molecule has 0 rings (SSSR count). The first kappa shape index (κ1) is 11.1. The minimum Gasteiger partial charge on any atom is -0.370 e. The molecule has 12 heavy (non-hydrogen) atoms. The van der Waals surface area contributed by atoms with Crippen molar-refractivity contribution >= 4 is 11.7 Å². The molecule has 0 fully saturated rings. The van der Waals surface area contributed by atoms with Gasteiger partial charge < -0.3 is 11.5 Å². The lowest BCUT2D eigenvalue weighted by molar-refractivity contribution is -0.123. The second-order valence-corrected chi connectivity index (χ2v) is 3.09. The minimum absolute atomic E-state index is 0.0813. The number of carbonyl (C=O) groups excluding carboxylic acids is 2. The SMILES string of the molecule is CC(C)[CH]C(=O)[C@@H](N)CC(N)=O. The zero-order valence-corrected chi connectivity index (χ0v) is 7.41. The summed E-state index contributed by atoms with van der Waals surface area (Å²) < 4.78 is 0. The van der Waals surface area contributed by atoms with Crippen LogP contribution in [0.25, 0.3) is 0 Å². The maximum absolute atomic E-state index is 11.1. The average Bonchev–Trinajstić information content (AvgIpc) is 1.84. The maximum Gasteiger partial charge on any atom is 0.219 e. The number of primary amides is 1. The first-order valence-corrected chi connectivity index (χ1v) is 3.86. The molecule has 0 aromatic carbocycles. The van der Waals surface area contributed by atoms with Crippen LogP contribution in [0.2, 0.25) is 0 Å². The van der Waals surface area contributed by atoms with E-state index in [1.54, 1.807) is 0 Å². The van der Waals surface area contributed by atoms with Crippen molar-refractivity contribution in [3.05, 3.63) is 6.42 Å². The molecule has 1 amide bonds. The van der Waals surface area contributed by atoms with Crippen molar-refractivity contribution in [1.82, 2.24) is 0 Å². The molecular formula is C8H15N2O2. The predicted octanol–water partition coefficient (Wildman–Crippen LogP) is -0.382. The quantitative estimate of drug-likeness (QED) is 0.591. The van der Waals surface area contributed by atoms with Gasteiger partial charge in [-0.15, -0.1) is 0 Å². The standard InChI is InChI=1S/C8H15N2O2/c1-5(2)3-7(11)6(9)4-8(10)12/h3,5-6H,4,9H2,1-2H3,(H2,10,12)/t6-/m0/s1. The van der Waals surface area contributed by atoms with Gasteiger partial charge in [-0.25, -0.2) is 0 Å². The van der Waals surface area contributed by atoms with Gasteiger partial charge in [-0.3, -0.25) is 9.59 Å². The summed E-state index contributed by atoms with van der Waals surface area (Å²) in [4.78, 5) is 21.5. The molecule has 0 heterocycles. The van der Waals surface area contributed by atoms with Crippen molar-refractivity contribution in [3.8, 4) is 0 Å². The Kier molecular flexibility index (Phi) is 4.51. The van der Waals surface area contributed by atoms with E-state index < -0.39 is 11.9 Å². The van der Waals surface area contributed by atoms with Crippen LogP contribution in [0.1, 0.15) is 20.3 Å². The third-order valence-corrected chi connectivity index (χ3v) is 1.28. The van der Waals surface area contributed by atoms with Gasteiger partial charge in [0.25, 0.3) is 0 Å². The van der Waals surface area contributed by atoms with Crippen LogP contribution in [0.15, 0.2) is 0 Å². The smallest absolute Gasteiger partial charge is 0.219 e. The molecule has 4 N–H and O–H groups in total. The Hall–Kier alpha value is -0.900. The summed E-state index contributed by atoms with van der Waals surface area (Å²) in [5.41, 5.74) is 10.3. The molecular weight excluding hydrogens is 156 g/mol. The van der Waals surface area contributed by atoms with Crippen LogP contribution in [0, 0.1) is 12.3 Å². The number of nitrogens with two attached hydrogens (primary N) is 2. The number of ketones is 1. The van der Waals surface area contributed by atoms with E-state index in [2.05, 4.69) is 0 Å². The highest BCUT2D eigenvalue weighted by atomic mass is 16.1. The largest absolute Gasteiger partial charge is 0.370 e. The highest BCUT2D eigenvalue weighted by molar-refractivity contribution is 5.94. The molecule has 1 radical (unpaired) electrons. The van der Waals surface area contributed by atoms with E-state index in [1.165, 1.54) is 6.42 Å². The molecule has 0 saturated heterocycles. The number of hydrogen-bond acceptors (Lipinski definition) is 3. The fraction of sp³-hybridized carbons (Fsp3) is 0.625. The topological polar surface area (TPSA) is 86.2 Å². The van der Waals surface area contributed by atoms with Crippen molar-refractivity contribution in [1.29, 1.82) is 0 Å². The molecule has 0 saturated carbocycles. The molecule has 4 nitrogen and oxygen atoms in total. The maximum atomic E-state index is 11.1. The lowest BCUT2D eigenvalue weighted by atomic mass is 10.0. The Morgan fingerprint density at radius 3 is 2.25 bits per heavy atom. The highest BCUT2D eigenvalue weighted by Crippen LogP contribution is 2.02. The van der Waals surface area contributed by atoms with E-state index in [-0.39, 0.29) is 18.1 Å². The first-order chi connectivity index (χ1) is 5.43. The second kappa shape index (κ2) is 4.87. The van der Waals surface area contributed by atoms with Gasteiger partial charge in [0.15, 0.2) is 5.78 Å². The minimum atomic E-state index is -0.773. The predicted molar refractivity (Wildman–Crippen MR) is 45.9 cm³/mol. The van der Waals surface area contributed by atoms with Crippen LogP contribution in [-0.4, -0.2) is 17.7 Å². The van der Waals surface area contributed by atoms with Gasteiger partial charge in [-0.1, -0.05) is 13.8 Å². The van der Waals surface area contributed by atoms with E-state index in [4.69, 9.17) is 11.5 Å². The van der Waals surface area contributed by atoms with E-state index in [0.29, 0.717) is 0 Å². The normalized spacial score (nSPS) is 13.0. The molecule has 0 aliphatic carbocycles. The van der Waals surface area contributed by atoms with E-state index in [0.717, 1.165) is 0 Å². The molecule has 4 heteroatoms. The second-order valence-electron chi connectivity index (χ2n) is 3.09. The van der Waals surface area contributed by atoms with Gasteiger partial charge in [0.1, 0.15) is 0 Å². The highest BCUT2D eigenvalue weighted by Gasteiger charge is 2.16. The van der Waals surface area contributed by atoms with Crippen LogP contribution in [-0.2, 0) is 9.59 Å². The third-order valence-electron chi connectivity index (χ3n) is 1.28. The van der Waals surface area contributed by atoms with Gasteiger partial charge in [-0.2, -0.15) is 0 Å². The molecule has 0 spiro atoms. The molecule has 0 unspecified atom stereocenters. The summed E-state index contributed by atoms with van der Waals surface area (Å²) in [6, 6.07) is -0.773. The zero-order valence-electron chi connectivity index (χ0n) is 7.41. The summed E-state index contributed by atoms with van der Waals surface area (Å²) in [5.74, 6) is -0.617. The number of rotatable bonds is 5. The van der Waals surface area contributed by atoms with Crippen molar-refractivity contribution in [2.45, 2.75) is 26.3 Å². The van der Waals surface area contributed by atoms with Crippen LogP contribution in [0.3, 0.4) is 0 Å². The summed E-state index contributed by atoms with van der Waals surface area (Å²) in [6.45, 7) is 3.74. The molecule has 1 atom stereocenters. The van der Waals surface area contributed by atoms with Crippen LogP contribution in [0.5, 0.6) is 0 Å². The van der Waals surface area contributed by atoms with Crippen molar-refractivity contribution in [2.24, 2.45) is 17.4 Å². The van der Waals surface area contributed by atoms with E-state index in [9.17, 15) is 9.59 Å². The van der Waals surface area contributed by atoms with Crippen LogP contribution in [0.4, 0.5) is 0 Å². The molecule has 69 valence electrons. The first-order valence-electron chi connectivity index (χ1n) is 3.86. The van der Waals surface area contributed by atoms with Gasteiger partial charge in [-0.05, 0) is 5.92 Å². The summed E-state index contributed by atoms with van der Waals surface area (Å²) in [6.07, 6.45) is 1.41. The molecule has 0 aromatic rings. The van der Waals surface area contributed by atoms with Crippen molar-refractivity contribution < 1.29 is 9.59 Å². The Morgan fingerprint density at radius 2 is 1.92 bits per heavy atom. The van der Waals surface area contributed by atoms with Gasteiger partial charge >= 0.3 is 0 Å². The van der Waals surface area contributed by atoms with Crippen LogP contribution < -0.4 is 11.5 Å². The van der Waals surface area contributed by atoms with Crippen molar-refractivity contribution in [3.63, 3.8) is 0 Å². The molecule has 0 bridgehead atoms. The molecule has 0 aliphatic heterocycles. The number of amides is 1. The summed E-state index contributed by atoms with van der Waals surface area (Å²) in [7, 11) is 0. The summed E-state index contributed by atoms with van der Waals surface area (Å²) in [5, 5.41) is 0. The third kappa shape index (κ3) is 4.85. The molecule has 0 aromatic heterocycles. The fourth-order valence-corrected chi connectivity index (χ4v) is 0.769. The lowest BCUT2D eigenvalue weighted by Gasteiger charge is -2.09. The average molecular weight is 171 g/mol. The van der Waals surface area contributed by atoms with Crippen molar-refractivity contribution in [2.75, 3.05) is 0 Å². The van der Waals surface area contributed by atoms with E-state index in [1.807, 2.05) is 13.8 Å². The van der Waals surface area contributed by atoms with Gasteiger partial charge in [0.2, 0.25) is 5.91 Å². The Bertz CT molecular complexity index is 178. The monoisotopic (exact) mass is 171 g/mol. The molecule has 0 aliphatic rings. The lowest BCUT2D eigenvalue weighted by Crippen LogP contribution is -2.35. The number of Topliss-reactive ketones (excluding diaryl/α,β-unsaturated/α-hetero) is 1. The Balaban J connectivity index is 3.85. The Labute approximate surface area is 72.3 Å². The van der Waals surface area contributed by atoms with Gasteiger partial charge in [0, 0.05) is 12.8 Å². The van der Waals surface area contributed by atoms with Crippen LogP contribution >= 0.6 is 0 Å². The number of carbonyl (C=O) groups is 2. The Morgan fingerprint density at radius 1 is 1.42 bits per heavy atom. The van der Waals surface area contributed by atoms with Gasteiger partial charge in [0.05, 0.1) is 6.04 Å². The number of hydrogen-bond donors (Lipinski definition) is 2. The zero-order chi connectivity index (χ0) is 9.72.